The minimum Gasteiger partial charge on any atom is -0.497 e. The standard InChI is InChI=1S/C71H75N8O12PSi/c1-70(2,3)93(55-28-18-10-19-29-55,56-30-20-11-21-31-56)91-64-58(89-68(62(64)81)79-47-76-60-65(74-46-75-66(60)79)73-43-49-24-14-8-15-25-49)45-87-92(6,83)90-63-57(88-67(61(63)80)78-41-40-59(77-69(78)82)72-42-48-22-12-7-13-23-48)44-86-71(50-26-16-9-17-27-50,51-32-36-53(84-4)37-33-51)52-34-38-54(85-5)39-35-52/h7-41,46-47,57-58,61-64,67-68,80-81H,42-45H2,1-6H3,(H,72,77,82)(H,73,74,75)/t57-,58-,61-,62-,63-,64-,67-,68-,92?/m1/s1. The number of ether oxygens (including phenoxy) is 5. The maximum absolute atomic E-state index is 15.6. The average Bonchev–Trinajstić information content (AvgIpc) is 1.73. The number of benzene rings is 7. The minimum absolute atomic E-state index is 0.298. The lowest BCUT2D eigenvalue weighted by Crippen LogP contribution is -2.69. The number of methoxy groups -OCH3 is 2. The summed E-state index contributed by atoms with van der Waals surface area (Å²) in [4.78, 5) is 32.4. The molecule has 10 aromatic rings. The molecular weight excluding hydrogens is 1220 g/mol. The van der Waals surface area contributed by atoms with Crippen LogP contribution in [0.25, 0.3) is 11.2 Å². The van der Waals surface area contributed by atoms with Gasteiger partial charge < -0.3 is 53.5 Å². The first kappa shape index (κ1) is 64.4. The van der Waals surface area contributed by atoms with E-state index in [2.05, 4.69) is 70.6 Å². The molecule has 0 amide bonds. The van der Waals surface area contributed by atoms with Crippen molar-refractivity contribution in [3.63, 3.8) is 0 Å². The van der Waals surface area contributed by atoms with E-state index < -0.39 is 87.9 Å². The molecule has 1 unspecified atom stereocenters. The van der Waals surface area contributed by atoms with Crippen molar-refractivity contribution in [2.75, 3.05) is 44.7 Å². The van der Waals surface area contributed by atoms with Crippen molar-refractivity contribution in [3.05, 3.63) is 263 Å². The van der Waals surface area contributed by atoms with E-state index in [1.807, 2.05) is 176 Å². The summed E-state index contributed by atoms with van der Waals surface area (Å²) in [6.07, 6.45) is -6.22. The quantitative estimate of drug-likeness (QED) is 0.0237. The number of anilines is 2. The molecular formula is C71H75N8O12PSi. The Labute approximate surface area is 540 Å². The van der Waals surface area contributed by atoms with Crippen LogP contribution in [0.4, 0.5) is 11.6 Å². The van der Waals surface area contributed by atoms with Gasteiger partial charge in [0.1, 0.15) is 65.9 Å². The number of imidazole rings is 1. The largest absolute Gasteiger partial charge is 0.497 e. The maximum Gasteiger partial charge on any atom is 0.351 e. The number of rotatable bonds is 25. The summed E-state index contributed by atoms with van der Waals surface area (Å²) >= 11 is 0. The Hall–Kier alpha value is -8.70. The lowest BCUT2D eigenvalue weighted by molar-refractivity contribution is -0.0950. The molecule has 12 rings (SSSR count). The number of hydrogen-bond donors (Lipinski definition) is 4. The van der Waals surface area contributed by atoms with E-state index in [1.165, 1.54) is 23.8 Å². The molecule has 7 aromatic carbocycles. The van der Waals surface area contributed by atoms with Crippen molar-refractivity contribution >= 4 is 49.1 Å². The summed E-state index contributed by atoms with van der Waals surface area (Å²) < 4.78 is 71.4. The lowest BCUT2D eigenvalue weighted by atomic mass is 9.80. The van der Waals surface area contributed by atoms with Crippen LogP contribution in [0.5, 0.6) is 11.5 Å². The molecule has 480 valence electrons. The summed E-state index contributed by atoms with van der Waals surface area (Å²) in [7, 11) is -4.70. The number of nitrogens with zero attached hydrogens (tertiary/aromatic N) is 6. The van der Waals surface area contributed by atoms with Gasteiger partial charge in [0.15, 0.2) is 29.4 Å². The molecule has 5 heterocycles. The smallest absolute Gasteiger partial charge is 0.351 e. The summed E-state index contributed by atoms with van der Waals surface area (Å²) in [5.74, 6) is 2.01. The van der Waals surface area contributed by atoms with Gasteiger partial charge in [0.25, 0.3) is 8.32 Å². The maximum atomic E-state index is 15.6. The second-order valence-electron chi connectivity index (χ2n) is 24.0. The fourth-order valence-corrected chi connectivity index (χ4v) is 18.4. The normalized spacial score (nSPS) is 20.7. The Morgan fingerprint density at radius 2 is 1.09 bits per heavy atom. The van der Waals surface area contributed by atoms with E-state index in [-0.39, 0.29) is 6.61 Å². The first-order valence-electron chi connectivity index (χ1n) is 30.8. The van der Waals surface area contributed by atoms with E-state index in [9.17, 15) is 15.0 Å². The average molecular weight is 1290 g/mol. The Balaban J connectivity index is 0.894. The van der Waals surface area contributed by atoms with Crippen molar-refractivity contribution in [1.29, 1.82) is 0 Å². The van der Waals surface area contributed by atoms with Crippen LogP contribution in [0, 0.1) is 0 Å². The fraction of sp³-hybridized carbons (Fsp3) is 0.282. The molecule has 3 aromatic heterocycles. The van der Waals surface area contributed by atoms with Gasteiger partial charge in [0.05, 0.1) is 33.8 Å². The molecule has 22 heteroatoms. The minimum atomic E-state index is -4.40. The number of nitrogens with one attached hydrogen (secondary N) is 2. The molecule has 2 fully saturated rings. The zero-order valence-corrected chi connectivity index (χ0v) is 54.3. The third-order valence-corrected chi connectivity index (χ3v) is 23.4. The summed E-state index contributed by atoms with van der Waals surface area (Å²) in [6.45, 7) is 7.78. The SMILES string of the molecule is COc1ccc(C(OC[C@H]2O[C@@H](n3ccc(NCc4ccccc4)nc3=O)[C@H](O)[C@@H]2OP(C)(=O)OC[C@H]2O[C@@H](n3cnc4c(NCc5ccccc5)ncnc43)[C@H](O)[C@@H]2O[Si](c2ccccc2)(c2ccccc2)C(C)(C)C)(c2ccccc2)c2ccc(OC)cc2)cc1. The highest BCUT2D eigenvalue weighted by Crippen LogP contribution is 2.51. The fourth-order valence-electron chi connectivity index (χ4n) is 12.5. The summed E-state index contributed by atoms with van der Waals surface area (Å²) in [6, 6.07) is 65.8. The van der Waals surface area contributed by atoms with Crippen LogP contribution in [0.2, 0.25) is 5.04 Å². The zero-order valence-electron chi connectivity index (χ0n) is 52.4. The van der Waals surface area contributed by atoms with E-state index in [0.717, 1.165) is 27.1 Å². The van der Waals surface area contributed by atoms with Crippen LogP contribution >= 0.6 is 7.60 Å². The molecule has 2 saturated heterocycles. The number of fused-ring (bicyclic) bond motifs is 1. The van der Waals surface area contributed by atoms with Crippen LogP contribution in [-0.2, 0) is 50.9 Å². The van der Waals surface area contributed by atoms with E-state index in [1.54, 1.807) is 31.2 Å². The van der Waals surface area contributed by atoms with Crippen LogP contribution in [0.1, 0.15) is 61.0 Å². The van der Waals surface area contributed by atoms with E-state index >= 15 is 4.57 Å². The van der Waals surface area contributed by atoms with Gasteiger partial charge in [-0.1, -0.05) is 197 Å². The molecule has 4 N–H and O–H groups in total. The summed E-state index contributed by atoms with van der Waals surface area (Å²) in [5, 5.41) is 33.6. The predicted molar refractivity (Wildman–Crippen MR) is 356 cm³/mol. The third-order valence-electron chi connectivity index (χ3n) is 17.1. The van der Waals surface area contributed by atoms with Gasteiger partial charge in [-0.15, -0.1) is 0 Å². The van der Waals surface area contributed by atoms with Crippen molar-refractivity contribution < 1.29 is 51.9 Å². The number of aliphatic hydroxyl groups is 2. The number of aromatic nitrogens is 6. The Bertz CT molecular complexity index is 4110. The van der Waals surface area contributed by atoms with Gasteiger partial charge in [-0.3, -0.25) is 18.2 Å². The predicted octanol–water partition coefficient (Wildman–Crippen LogP) is 10.0. The van der Waals surface area contributed by atoms with Crippen molar-refractivity contribution in [3.8, 4) is 11.5 Å². The van der Waals surface area contributed by atoms with Crippen molar-refractivity contribution in [2.45, 2.75) is 93.6 Å². The highest BCUT2D eigenvalue weighted by Gasteiger charge is 2.57. The van der Waals surface area contributed by atoms with E-state index in [4.69, 9.17) is 42.1 Å². The molecule has 9 atom stereocenters. The van der Waals surface area contributed by atoms with Gasteiger partial charge in [-0.05, 0) is 73.6 Å². The first-order chi connectivity index (χ1) is 45.1. The molecule has 0 radical (unpaired) electrons. The van der Waals surface area contributed by atoms with Crippen molar-refractivity contribution in [1.82, 2.24) is 29.1 Å². The Kier molecular flexibility index (Phi) is 19.3. The van der Waals surface area contributed by atoms with Gasteiger partial charge in [0.2, 0.25) is 0 Å². The van der Waals surface area contributed by atoms with Crippen LogP contribution in [0.3, 0.4) is 0 Å². The van der Waals surface area contributed by atoms with E-state index in [0.29, 0.717) is 58.5 Å². The molecule has 20 nitrogen and oxygen atoms in total. The van der Waals surface area contributed by atoms with Gasteiger partial charge in [0, 0.05) is 26.0 Å². The second-order valence-corrected chi connectivity index (χ2v) is 30.3. The molecule has 0 aliphatic carbocycles. The number of hydrogen-bond acceptors (Lipinski definition) is 18. The first-order valence-corrected chi connectivity index (χ1v) is 34.7. The van der Waals surface area contributed by atoms with Crippen LogP contribution in [-0.4, -0.2) is 118 Å². The monoisotopic (exact) mass is 1290 g/mol. The Morgan fingerprint density at radius 3 is 1.62 bits per heavy atom. The topological polar surface area (TPSA) is 234 Å². The van der Waals surface area contributed by atoms with Gasteiger partial charge in [-0.25, -0.2) is 19.7 Å². The van der Waals surface area contributed by atoms with Crippen LogP contribution < -0.4 is 36.2 Å². The zero-order chi connectivity index (χ0) is 64.7. The molecule has 0 bridgehead atoms. The molecule has 0 saturated carbocycles. The summed E-state index contributed by atoms with van der Waals surface area (Å²) in [5.41, 5.74) is 2.86. The van der Waals surface area contributed by atoms with Gasteiger partial charge in [-0.2, -0.15) is 4.98 Å². The van der Waals surface area contributed by atoms with Gasteiger partial charge >= 0.3 is 13.3 Å². The third kappa shape index (κ3) is 13.5. The highest BCUT2D eigenvalue weighted by molar-refractivity contribution is 7.53. The molecule has 93 heavy (non-hydrogen) atoms. The molecule has 2 aliphatic rings. The molecule has 2 aliphatic heterocycles. The molecule has 0 spiro atoms. The van der Waals surface area contributed by atoms with Crippen LogP contribution in [0.15, 0.2) is 230 Å². The Morgan fingerprint density at radius 1 is 0.591 bits per heavy atom. The van der Waals surface area contributed by atoms with Crippen molar-refractivity contribution in [2.24, 2.45) is 0 Å². The lowest BCUT2D eigenvalue weighted by Gasteiger charge is -2.45. The second kappa shape index (κ2) is 27.9. The number of aliphatic hydroxyl groups excluding tert-OH is 2. The highest BCUT2D eigenvalue weighted by atomic mass is 31.2.